The van der Waals surface area contributed by atoms with E-state index in [-0.39, 0.29) is 12.1 Å². The number of rotatable bonds is 3. The standard InChI is InChI=1S/C10H19NO2S/c1-7-3-2-4-8(5-7)13-10(12)9(11)6-14/h7-9,14H,2-6,11H2,1H3. The molecule has 1 fully saturated rings. The van der Waals surface area contributed by atoms with Gasteiger partial charge in [-0.25, -0.2) is 0 Å². The second kappa shape index (κ2) is 5.61. The normalized spacial score (nSPS) is 29.6. The average Bonchev–Trinajstić information content (AvgIpc) is 2.16. The second-order valence-electron chi connectivity index (χ2n) is 4.12. The van der Waals surface area contributed by atoms with E-state index in [0.29, 0.717) is 11.7 Å². The summed E-state index contributed by atoms with van der Waals surface area (Å²) < 4.78 is 5.30. The van der Waals surface area contributed by atoms with E-state index in [4.69, 9.17) is 10.5 Å². The zero-order chi connectivity index (χ0) is 10.6. The predicted molar refractivity (Wildman–Crippen MR) is 59.3 cm³/mol. The highest BCUT2D eigenvalue weighted by atomic mass is 32.1. The molecule has 3 nitrogen and oxygen atoms in total. The van der Waals surface area contributed by atoms with E-state index >= 15 is 0 Å². The van der Waals surface area contributed by atoms with Gasteiger partial charge in [-0.2, -0.15) is 12.6 Å². The maximum Gasteiger partial charge on any atom is 0.324 e. The molecule has 1 aliphatic rings. The fraction of sp³-hybridized carbons (Fsp3) is 0.900. The molecule has 0 aromatic heterocycles. The Morgan fingerprint density at radius 3 is 2.93 bits per heavy atom. The topological polar surface area (TPSA) is 52.3 Å². The van der Waals surface area contributed by atoms with Crippen molar-refractivity contribution in [3.05, 3.63) is 0 Å². The molecule has 4 heteroatoms. The molecule has 0 spiro atoms. The first-order valence-electron chi connectivity index (χ1n) is 5.20. The van der Waals surface area contributed by atoms with Gasteiger partial charge in [-0.05, 0) is 25.2 Å². The van der Waals surface area contributed by atoms with Crippen LogP contribution in [0.3, 0.4) is 0 Å². The van der Waals surface area contributed by atoms with E-state index < -0.39 is 6.04 Å². The SMILES string of the molecule is CC1CCCC(OC(=O)C(N)CS)C1. The Kier molecular flexibility index (Phi) is 4.75. The Morgan fingerprint density at radius 2 is 2.36 bits per heavy atom. The van der Waals surface area contributed by atoms with E-state index in [9.17, 15) is 4.79 Å². The summed E-state index contributed by atoms with van der Waals surface area (Å²) in [7, 11) is 0. The largest absolute Gasteiger partial charge is 0.461 e. The number of hydrogen-bond acceptors (Lipinski definition) is 4. The van der Waals surface area contributed by atoms with Crippen molar-refractivity contribution in [1.29, 1.82) is 0 Å². The lowest BCUT2D eigenvalue weighted by atomic mass is 9.89. The third kappa shape index (κ3) is 3.50. The first-order chi connectivity index (χ1) is 6.63. The van der Waals surface area contributed by atoms with Gasteiger partial charge in [-0.1, -0.05) is 13.3 Å². The number of ether oxygens (including phenoxy) is 1. The summed E-state index contributed by atoms with van der Waals surface area (Å²) in [6.07, 6.45) is 4.43. The van der Waals surface area contributed by atoms with Crippen LogP contribution < -0.4 is 5.73 Å². The molecule has 14 heavy (non-hydrogen) atoms. The zero-order valence-electron chi connectivity index (χ0n) is 8.61. The summed E-state index contributed by atoms with van der Waals surface area (Å²) in [5.74, 6) is 0.703. The molecule has 82 valence electrons. The van der Waals surface area contributed by atoms with Gasteiger partial charge in [0, 0.05) is 5.75 Å². The summed E-state index contributed by atoms with van der Waals surface area (Å²) in [6, 6.07) is -0.574. The van der Waals surface area contributed by atoms with Gasteiger partial charge in [0.05, 0.1) is 0 Å². The Bertz CT molecular complexity index is 199. The van der Waals surface area contributed by atoms with Crippen LogP contribution in [-0.2, 0) is 9.53 Å². The lowest BCUT2D eigenvalue weighted by Crippen LogP contribution is -2.37. The highest BCUT2D eigenvalue weighted by Crippen LogP contribution is 2.25. The molecule has 1 rings (SSSR count). The summed E-state index contributed by atoms with van der Waals surface area (Å²) in [5.41, 5.74) is 5.52. The lowest BCUT2D eigenvalue weighted by molar-refractivity contribution is -0.152. The van der Waals surface area contributed by atoms with Gasteiger partial charge in [0.25, 0.3) is 0 Å². The van der Waals surface area contributed by atoms with Gasteiger partial charge in [-0.15, -0.1) is 0 Å². The van der Waals surface area contributed by atoms with E-state index in [1.807, 2.05) is 0 Å². The van der Waals surface area contributed by atoms with Crippen molar-refractivity contribution in [2.45, 2.75) is 44.8 Å². The smallest absolute Gasteiger partial charge is 0.324 e. The summed E-state index contributed by atoms with van der Waals surface area (Å²) in [6.45, 7) is 2.19. The Balaban J connectivity index is 2.32. The maximum absolute atomic E-state index is 11.4. The van der Waals surface area contributed by atoms with Gasteiger partial charge in [0.2, 0.25) is 0 Å². The van der Waals surface area contributed by atoms with Crippen LogP contribution in [0, 0.1) is 5.92 Å². The first kappa shape index (κ1) is 11.9. The number of carbonyl (C=O) groups is 1. The van der Waals surface area contributed by atoms with E-state index in [2.05, 4.69) is 19.6 Å². The number of thiol groups is 1. The van der Waals surface area contributed by atoms with Gasteiger partial charge in [0.15, 0.2) is 0 Å². The molecule has 0 aromatic carbocycles. The van der Waals surface area contributed by atoms with Crippen molar-refractivity contribution < 1.29 is 9.53 Å². The fourth-order valence-corrected chi connectivity index (χ4v) is 1.96. The van der Waals surface area contributed by atoms with E-state index in [1.165, 1.54) is 6.42 Å². The highest BCUT2D eigenvalue weighted by Gasteiger charge is 2.24. The van der Waals surface area contributed by atoms with Crippen LogP contribution in [0.4, 0.5) is 0 Å². The second-order valence-corrected chi connectivity index (χ2v) is 4.48. The molecule has 3 atom stereocenters. The van der Waals surface area contributed by atoms with E-state index in [0.717, 1.165) is 19.3 Å². The monoisotopic (exact) mass is 217 g/mol. The van der Waals surface area contributed by atoms with Crippen molar-refractivity contribution in [2.75, 3.05) is 5.75 Å². The fourth-order valence-electron chi connectivity index (χ4n) is 1.81. The van der Waals surface area contributed by atoms with Crippen molar-refractivity contribution >= 4 is 18.6 Å². The minimum absolute atomic E-state index is 0.0807. The number of hydrogen-bond donors (Lipinski definition) is 2. The Morgan fingerprint density at radius 1 is 1.64 bits per heavy atom. The third-order valence-corrected chi connectivity index (χ3v) is 3.06. The Hall–Kier alpha value is -0.220. The van der Waals surface area contributed by atoms with Crippen LogP contribution in [0.5, 0.6) is 0 Å². The minimum atomic E-state index is -0.574. The molecule has 0 heterocycles. The molecule has 3 unspecified atom stereocenters. The molecule has 0 bridgehead atoms. The third-order valence-electron chi connectivity index (χ3n) is 2.67. The van der Waals surface area contributed by atoms with E-state index in [1.54, 1.807) is 0 Å². The van der Waals surface area contributed by atoms with Crippen molar-refractivity contribution in [1.82, 2.24) is 0 Å². The Labute approximate surface area is 90.8 Å². The van der Waals surface area contributed by atoms with Gasteiger partial charge < -0.3 is 10.5 Å². The molecule has 0 amide bonds. The lowest BCUT2D eigenvalue weighted by Gasteiger charge is -2.27. The summed E-state index contributed by atoms with van der Waals surface area (Å²) in [4.78, 5) is 11.4. The van der Waals surface area contributed by atoms with Crippen LogP contribution in [0.25, 0.3) is 0 Å². The molecular weight excluding hydrogens is 198 g/mol. The number of carbonyl (C=O) groups excluding carboxylic acids is 1. The number of esters is 1. The first-order valence-corrected chi connectivity index (χ1v) is 5.83. The summed E-state index contributed by atoms with van der Waals surface area (Å²) >= 11 is 3.96. The quantitative estimate of drug-likeness (QED) is 0.554. The van der Waals surface area contributed by atoms with Crippen LogP contribution >= 0.6 is 12.6 Å². The predicted octanol–water partition coefficient (Wildman–Crippen LogP) is 1.37. The molecule has 0 aliphatic heterocycles. The molecule has 0 aromatic rings. The minimum Gasteiger partial charge on any atom is -0.461 e. The maximum atomic E-state index is 11.4. The average molecular weight is 217 g/mol. The highest BCUT2D eigenvalue weighted by molar-refractivity contribution is 7.80. The van der Waals surface area contributed by atoms with Crippen LogP contribution in [-0.4, -0.2) is 23.9 Å². The molecule has 1 aliphatic carbocycles. The van der Waals surface area contributed by atoms with Crippen molar-refractivity contribution in [3.63, 3.8) is 0 Å². The molecule has 0 saturated heterocycles. The zero-order valence-corrected chi connectivity index (χ0v) is 9.50. The van der Waals surface area contributed by atoms with Crippen LogP contribution in [0.2, 0.25) is 0 Å². The van der Waals surface area contributed by atoms with Crippen molar-refractivity contribution in [3.8, 4) is 0 Å². The van der Waals surface area contributed by atoms with Crippen LogP contribution in [0.1, 0.15) is 32.6 Å². The molecular formula is C10H19NO2S. The van der Waals surface area contributed by atoms with Gasteiger partial charge in [0.1, 0.15) is 12.1 Å². The molecule has 0 radical (unpaired) electrons. The van der Waals surface area contributed by atoms with Crippen LogP contribution in [0.15, 0.2) is 0 Å². The van der Waals surface area contributed by atoms with Crippen molar-refractivity contribution in [2.24, 2.45) is 11.7 Å². The van der Waals surface area contributed by atoms with Gasteiger partial charge in [-0.3, -0.25) is 4.79 Å². The number of nitrogens with two attached hydrogens (primary N) is 1. The molecule has 2 N–H and O–H groups in total. The van der Waals surface area contributed by atoms with Gasteiger partial charge >= 0.3 is 5.97 Å². The summed E-state index contributed by atoms with van der Waals surface area (Å²) in [5, 5.41) is 0. The molecule has 1 saturated carbocycles.